The molecule has 21 heavy (non-hydrogen) atoms. The third kappa shape index (κ3) is 9.68. The van der Waals surface area contributed by atoms with Crippen LogP contribution in [0, 0.1) is 0 Å². The quantitative estimate of drug-likeness (QED) is 0.457. The summed E-state index contributed by atoms with van der Waals surface area (Å²) in [4.78, 5) is 0. The van der Waals surface area contributed by atoms with Gasteiger partial charge >= 0.3 is 0 Å². The molecule has 0 saturated heterocycles. The van der Waals surface area contributed by atoms with Crippen molar-refractivity contribution in [2.24, 2.45) is 0 Å². The van der Waals surface area contributed by atoms with Crippen LogP contribution in [-0.2, 0) is 6.42 Å². The Hall–Kier alpha value is -0.820. The van der Waals surface area contributed by atoms with Crippen molar-refractivity contribution < 1.29 is 0 Å². The van der Waals surface area contributed by atoms with Crippen molar-refractivity contribution in [2.45, 2.75) is 84.1 Å². The van der Waals surface area contributed by atoms with Crippen molar-refractivity contribution >= 4 is 0 Å². The van der Waals surface area contributed by atoms with Gasteiger partial charge in [-0.25, -0.2) is 0 Å². The van der Waals surface area contributed by atoms with Crippen LogP contribution in [0.2, 0.25) is 0 Å². The molecule has 0 aliphatic rings. The highest BCUT2D eigenvalue weighted by molar-refractivity contribution is 5.15. The van der Waals surface area contributed by atoms with Crippen LogP contribution in [0.5, 0.6) is 0 Å². The smallest absolute Gasteiger partial charge is 0.0105 e. The van der Waals surface area contributed by atoms with Crippen molar-refractivity contribution in [3.05, 3.63) is 35.9 Å². The molecule has 0 aliphatic heterocycles. The van der Waals surface area contributed by atoms with Crippen LogP contribution < -0.4 is 5.32 Å². The molecule has 0 aromatic heterocycles. The fraction of sp³-hybridized carbons (Fsp3) is 0.700. The molecule has 0 heterocycles. The largest absolute Gasteiger partial charge is 0.314 e. The molecule has 0 fully saturated rings. The average molecular weight is 290 g/mol. The normalized spacial score (nSPS) is 12.5. The van der Waals surface area contributed by atoms with E-state index in [0.29, 0.717) is 6.04 Å². The van der Waals surface area contributed by atoms with Crippen LogP contribution >= 0.6 is 0 Å². The molecule has 0 radical (unpaired) electrons. The predicted octanol–water partition coefficient (Wildman–Crippen LogP) is 5.74. The van der Waals surface area contributed by atoms with Gasteiger partial charge in [-0.2, -0.15) is 0 Å². The number of unbranched alkanes of at least 4 members (excludes halogenated alkanes) is 7. The summed E-state index contributed by atoms with van der Waals surface area (Å²) in [6.07, 6.45) is 13.6. The molecule has 1 heteroatoms. The lowest BCUT2D eigenvalue weighted by Crippen LogP contribution is -2.31. The first-order chi connectivity index (χ1) is 10.4. The van der Waals surface area contributed by atoms with E-state index >= 15 is 0 Å². The van der Waals surface area contributed by atoms with Gasteiger partial charge in [-0.15, -0.1) is 0 Å². The SMILES string of the molecule is CCCCCCCCCCNC(CC)Cc1ccccc1. The molecular formula is C20H35N. The highest BCUT2D eigenvalue weighted by Gasteiger charge is 2.05. The fourth-order valence-corrected chi connectivity index (χ4v) is 2.82. The van der Waals surface area contributed by atoms with E-state index in [2.05, 4.69) is 49.5 Å². The highest BCUT2D eigenvalue weighted by Crippen LogP contribution is 2.09. The van der Waals surface area contributed by atoms with Crippen molar-refractivity contribution in [2.75, 3.05) is 6.54 Å². The highest BCUT2D eigenvalue weighted by atomic mass is 14.9. The standard InChI is InChI=1S/C20H35N/c1-3-5-6-7-8-9-10-14-17-21-20(4-2)18-19-15-12-11-13-16-19/h11-13,15-16,20-21H,3-10,14,17-18H2,1-2H3. The maximum absolute atomic E-state index is 3.73. The summed E-state index contributed by atoms with van der Waals surface area (Å²) in [6.45, 7) is 5.75. The molecule has 0 spiro atoms. The van der Waals surface area contributed by atoms with E-state index in [0.717, 1.165) is 6.42 Å². The lowest BCUT2D eigenvalue weighted by atomic mass is 10.0. The molecule has 0 saturated carbocycles. The summed E-state index contributed by atoms with van der Waals surface area (Å²) >= 11 is 0. The molecular weight excluding hydrogens is 254 g/mol. The number of benzene rings is 1. The van der Waals surface area contributed by atoms with E-state index in [1.807, 2.05) is 0 Å². The van der Waals surface area contributed by atoms with Gasteiger partial charge in [0.25, 0.3) is 0 Å². The fourth-order valence-electron chi connectivity index (χ4n) is 2.82. The summed E-state index contributed by atoms with van der Waals surface area (Å²) in [5.74, 6) is 0. The summed E-state index contributed by atoms with van der Waals surface area (Å²) in [7, 11) is 0. The Kier molecular flexibility index (Phi) is 11.2. The van der Waals surface area contributed by atoms with Crippen LogP contribution in [0.25, 0.3) is 0 Å². The first-order valence-corrected chi connectivity index (χ1v) is 9.14. The van der Waals surface area contributed by atoms with E-state index in [-0.39, 0.29) is 0 Å². The van der Waals surface area contributed by atoms with Crippen molar-refractivity contribution in [1.82, 2.24) is 5.32 Å². The minimum atomic E-state index is 0.636. The Labute approximate surface area is 132 Å². The summed E-state index contributed by atoms with van der Waals surface area (Å²) in [5, 5.41) is 3.73. The van der Waals surface area contributed by atoms with E-state index in [1.54, 1.807) is 0 Å². The lowest BCUT2D eigenvalue weighted by molar-refractivity contribution is 0.474. The molecule has 1 aromatic rings. The summed E-state index contributed by atoms with van der Waals surface area (Å²) < 4.78 is 0. The second-order valence-corrected chi connectivity index (χ2v) is 6.22. The van der Waals surface area contributed by atoms with Gasteiger partial charge in [0, 0.05) is 6.04 Å². The van der Waals surface area contributed by atoms with Crippen LogP contribution in [0.3, 0.4) is 0 Å². The van der Waals surface area contributed by atoms with Gasteiger partial charge in [0.2, 0.25) is 0 Å². The van der Waals surface area contributed by atoms with Crippen LogP contribution in [0.15, 0.2) is 30.3 Å². The maximum Gasteiger partial charge on any atom is 0.0105 e. The molecule has 1 unspecified atom stereocenters. The van der Waals surface area contributed by atoms with Gasteiger partial charge in [-0.05, 0) is 31.4 Å². The molecule has 0 bridgehead atoms. The minimum Gasteiger partial charge on any atom is -0.314 e. The van der Waals surface area contributed by atoms with E-state index in [4.69, 9.17) is 0 Å². The monoisotopic (exact) mass is 289 g/mol. The molecule has 1 nitrogen and oxygen atoms in total. The molecule has 1 atom stereocenters. The second kappa shape index (κ2) is 12.9. The zero-order valence-corrected chi connectivity index (χ0v) is 14.2. The van der Waals surface area contributed by atoms with Gasteiger partial charge in [-0.3, -0.25) is 0 Å². The topological polar surface area (TPSA) is 12.0 Å². The molecule has 1 N–H and O–H groups in total. The number of rotatable bonds is 13. The van der Waals surface area contributed by atoms with Gasteiger partial charge in [0.05, 0.1) is 0 Å². The summed E-state index contributed by atoms with van der Waals surface area (Å²) in [6, 6.07) is 11.5. The third-order valence-corrected chi connectivity index (χ3v) is 4.28. The Morgan fingerprint density at radius 2 is 1.43 bits per heavy atom. The zero-order valence-electron chi connectivity index (χ0n) is 14.2. The molecule has 0 aliphatic carbocycles. The maximum atomic E-state index is 3.73. The Morgan fingerprint density at radius 3 is 2.05 bits per heavy atom. The zero-order chi connectivity index (χ0) is 15.2. The first-order valence-electron chi connectivity index (χ1n) is 9.14. The Bertz CT molecular complexity index is 320. The number of hydrogen-bond donors (Lipinski definition) is 1. The average Bonchev–Trinajstić information content (AvgIpc) is 2.53. The van der Waals surface area contributed by atoms with Crippen LogP contribution in [0.4, 0.5) is 0 Å². The van der Waals surface area contributed by atoms with Crippen molar-refractivity contribution in [3.63, 3.8) is 0 Å². The van der Waals surface area contributed by atoms with E-state index < -0.39 is 0 Å². The summed E-state index contributed by atoms with van der Waals surface area (Å²) in [5.41, 5.74) is 1.45. The lowest BCUT2D eigenvalue weighted by Gasteiger charge is -2.17. The third-order valence-electron chi connectivity index (χ3n) is 4.28. The number of hydrogen-bond acceptors (Lipinski definition) is 1. The minimum absolute atomic E-state index is 0.636. The van der Waals surface area contributed by atoms with Gasteiger partial charge < -0.3 is 5.32 Å². The molecule has 0 amide bonds. The van der Waals surface area contributed by atoms with Crippen LogP contribution in [-0.4, -0.2) is 12.6 Å². The van der Waals surface area contributed by atoms with E-state index in [1.165, 1.54) is 69.9 Å². The van der Waals surface area contributed by atoms with Gasteiger partial charge in [0.15, 0.2) is 0 Å². The van der Waals surface area contributed by atoms with E-state index in [9.17, 15) is 0 Å². The van der Waals surface area contributed by atoms with Crippen molar-refractivity contribution in [3.8, 4) is 0 Å². The molecule has 1 aromatic carbocycles. The van der Waals surface area contributed by atoms with Crippen LogP contribution in [0.1, 0.15) is 77.2 Å². The Balaban J connectivity index is 2.00. The Morgan fingerprint density at radius 1 is 0.810 bits per heavy atom. The molecule has 120 valence electrons. The first kappa shape index (κ1) is 18.2. The molecule has 1 rings (SSSR count). The number of nitrogens with one attached hydrogen (secondary N) is 1. The predicted molar refractivity (Wildman–Crippen MR) is 94.8 cm³/mol. The second-order valence-electron chi connectivity index (χ2n) is 6.22. The van der Waals surface area contributed by atoms with Gasteiger partial charge in [-0.1, -0.05) is 89.1 Å². The van der Waals surface area contributed by atoms with Gasteiger partial charge in [0.1, 0.15) is 0 Å². The van der Waals surface area contributed by atoms with Crippen molar-refractivity contribution in [1.29, 1.82) is 0 Å².